The number of hydrogen-bond donors (Lipinski definition) is 2. The summed E-state index contributed by atoms with van der Waals surface area (Å²) in [5.74, 6) is 0. The lowest BCUT2D eigenvalue weighted by Crippen LogP contribution is -2.37. The molecule has 1 aliphatic carbocycles. The van der Waals surface area contributed by atoms with E-state index in [1.54, 1.807) is 0 Å². The Morgan fingerprint density at radius 3 is 2.91 bits per heavy atom. The number of ether oxygens (including phenoxy) is 1. The fourth-order valence-electron chi connectivity index (χ4n) is 1.79. The molecular formula is C7H12N2O2. The minimum atomic E-state index is -0.648. The van der Waals surface area contributed by atoms with E-state index in [-0.39, 0.29) is 11.6 Å². The molecule has 1 heterocycles. The first kappa shape index (κ1) is 6.91. The summed E-state index contributed by atoms with van der Waals surface area (Å²) in [7, 11) is 0. The lowest BCUT2D eigenvalue weighted by Gasteiger charge is -2.16. The van der Waals surface area contributed by atoms with Crippen LogP contribution in [-0.2, 0) is 4.74 Å². The number of carbonyl (C=O) groups is 1. The van der Waals surface area contributed by atoms with E-state index < -0.39 is 6.09 Å². The third kappa shape index (κ3) is 1.07. The zero-order valence-electron chi connectivity index (χ0n) is 6.30. The van der Waals surface area contributed by atoms with Crippen LogP contribution in [0.25, 0.3) is 0 Å². The molecule has 3 N–H and O–H groups in total. The van der Waals surface area contributed by atoms with Gasteiger partial charge in [0.15, 0.2) is 0 Å². The van der Waals surface area contributed by atoms with Crippen LogP contribution < -0.4 is 11.1 Å². The SMILES string of the molecule is NC(=O)OC1CCNC12CC2. The second kappa shape index (κ2) is 2.11. The van der Waals surface area contributed by atoms with Crippen LogP contribution in [0.3, 0.4) is 0 Å². The van der Waals surface area contributed by atoms with Gasteiger partial charge in [-0.1, -0.05) is 0 Å². The van der Waals surface area contributed by atoms with Gasteiger partial charge in [0.05, 0.1) is 5.54 Å². The van der Waals surface area contributed by atoms with Gasteiger partial charge in [0.1, 0.15) is 6.10 Å². The molecule has 0 aromatic carbocycles. The zero-order valence-corrected chi connectivity index (χ0v) is 6.30. The summed E-state index contributed by atoms with van der Waals surface area (Å²) in [6.07, 6.45) is 2.52. The molecule has 62 valence electrons. The lowest BCUT2D eigenvalue weighted by molar-refractivity contribution is 0.0929. The number of nitrogens with one attached hydrogen (secondary N) is 1. The summed E-state index contributed by atoms with van der Waals surface area (Å²) in [6.45, 7) is 0.942. The van der Waals surface area contributed by atoms with Gasteiger partial charge < -0.3 is 15.8 Å². The second-order valence-electron chi connectivity index (χ2n) is 3.30. The molecule has 2 rings (SSSR count). The van der Waals surface area contributed by atoms with Gasteiger partial charge in [0.25, 0.3) is 0 Å². The summed E-state index contributed by atoms with van der Waals surface area (Å²) in [4.78, 5) is 10.4. The number of nitrogens with two attached hydrogens (primary N) is 1. The highest BCUT2D eigenvalue weighted by Crippen LogP contribution is 2.44. The molecule has 1 amide bonds. The molecule has 0 bridgehead atoms. The Kier molecular flexibility index (Phi) is 1.32. The van der Waals surface area contributed by atoms with E-state index in [0.29, 0.717) is 0 Å². The standard InChI is InChI=1S/C7H12N2O2/c8-6(10)11-5-1-4-9-7(5)2-3-7/h5,9H,1-4H2,(H2,8,10). The van der Waals surface area contributed by atoms with Crippen molar-refractivity contribution in [3.8, 4) is 0 Å². The maximum atomic E-state index is 10.4. The average molecular weight is 156 g/mol. The first-order valence-corrected chi connectivity index (χ1v) is 3.94. The highest BCUT2D eigenvalue weighted by molar-refractivity contribution is 5.65. The molecule has 11 heavy (non-hydrogen) atoms. The lowest BCUT2D eigenvalue weighted by atomic mass is 10.1. The maximum Gasteiger partial charge on any atom is 0.404 e. The molecule has 1 saturated carbocycles. The van der Waals surface area contributed by atoms with Crippen molar-refractivity contribution in [2.45, 2.75) is 30.9 Å². The van der Waals surface area contributed by atoms with Crippen molar-refractivity contribution in [1.82, 2.24) is 5.32 Å². The number of carbonyl (C=O) groups excluding carboxylic acids is 1. The van der Waals surface area contributed by atoms with E-state index in [2.05, 4.69) is 5.32 Å². The van der Waals surface area contributed by atoms with Crippen LogP contribution in [0, 0.1) is 0 Å². The van der Waals surface area contributed by atoms with Crippen molar-refractivity contribution in [1.29, 1.82) is 0 Å². The van der Waals surface area contributed by atoms with Crippen LogP contribution in [0.2, 0.25) is 0 Å². The Morgan fingerprint density at radius 1 is 1.64 bits per heavy atom. The summed E-state index contributed by atoms with van der Waals surface area (Å²) in [5, 5.41) is 3.33. The Labute approximate surface area is 65.1 Å². The number of primary amides is 1. The van der Waals surface area contributed by atoms with Gasteiger partial charge in [-0.05, 0) is 25.8 Å². The molecule has 2 aliphatic rings. The van der Waals surface area contributed by atoms with E-state index in [0.717, 1.165) is 25.8 Å². The number of amides is 1. The van der Waals surface area contributed by atoms with Crippen LogP contribution in [0.5, 0.6) is 0 Å². The van der Waals surface area contributed by atoms with Gasteiger partial charge in [-0.2, -0.15) is 0 Å². The van der Waals surface area contributed by atoms with Gasteiger partial charge in [0, 0.05) is 0 Å². The zero-order chi connectivity index (χ0) is 7.90. The molecule has 0 aromatic heterocycles. The summed E-state index contributed by atoms with van der Waals surface area (Å²) < 4.78 is 4.97. The number of hydrogen-bond acceptors (Lipinski definition) is 3. The molecule has 2 fully saturated rings. The molecular weight excluding hydrogens is 144 g/mol. The predicted molar refractivity (Wildman–Crippen MR) is 39.0 cm³/mol. The van der Waals surface area contributed by atoms with Crippen molar-refractivity contribution >= 4 is 6.09 Å². The molecule has 1 saturated heterocycles. The monoisotopic (exact) mass is 156 g/mol. The Balaban J connectivity index is 1.97. The summed E-state index contributed by atoms with van der Waals surface area (Å²) in [5.41, 5.74) is 5.05. The molecule has 1 spiro atoms. The minimum Gasteiger partial charge on any atom is -0.444 e. The van der Waals surface area contributed by atoms with E-state index in [1.807, 2.05) is 0 Å². The van der Waals surface area contributed by atoms with E-state index >= 15 is 0 Å². The molecule has 4 heteroatoms. The van der Waals surface area contributed by atoms with Crippen molar-refractivity contribution < 1.29 is 9.53 Å². The molecule has 1 unspecified atom stereocenters. The van der Waals surface area contributed by atoms with E-state index in [1.165, 1.54) is 0 Å². The fraction of sp³-hybridized carbons (Fsp3) is 0.857. The highest BCUT2D eigenvalue weighted by Gasteiger charge is 2.54. The molecule has 0 aromatic rings. The van der Waals surface area contributed by atoms with Crippen molar-refractivity contribution in [3.63, 3.8) is 0 Å². The largest absolute Gasteiger partial charge is 0.444 e. The van der Waals surface area contributed by atoms with Gasteiger partial charge in [-0.25, -0.2) is 4.79 Å². The van der Waals surface area contributed by atoms with Gasteiger partial charge in [0.2, 0.25) is 0 Å². The topological polar surface area (TPSA) is 64.4 Å². The van der Waals surface area contributed by atoms with Crippen molar-refractivity contribution in [2.75, 3.05) is 6.54 Å². The van der Waals surface area contributed by atoms with E-state index in [9.17, 15) is 4.79 Å². The van der Waals surface area contributed by atoms with Gasteiger partial charge >= 0.3 is 6.09 Å². The third-order valence-corrected chi connectivity index (χ3v) is 2.55. The Morgan fingerprint density at radius 2 is 2.36 bits per heavy atom. The minimum absolute atomic E-state index is 0.0278. The van der Waals surface area contributed by atoms with Crippen molar-refractivity contribution in [2.24, 2.45) is 5.73 Å². The molecule has 1 aliphatic heterocycles. The summed E-state index contributed by atoms with van der Waals surface area (Å²) >= 11 is 0. The Bertz CT molecular complexity index is 189. The second-order valence-corrected chi connectivity index (χ2v) is 3.30. The molecule has 0 radical (unpaired) electrons. The van der Waals surface area contributed by atoms with Crippen LogP contribution in [0.15, 0.2) is 0 Å². The molecule has 4 nitrogen and oxygen atoms in total. The van der Waals surface area contributed by atoms with Crippen LogP contribution in [-0.4, -0.2) is 24.3 Å². The van der Waals surface area contributed by atoms with Gasteiger partial charge in [-0.15, -0.1) is 0 Å². The first-order valence-electron chi connectivity index (χ1n) is 3.94. The maximum absolute atomic E-state index is 10.4. The fourth-order valence-corrected chi connectivity index (χ4v) is 1.79. The first-order chi connectivity index (χ1) is 5.23. The smallest absolute Gasteiger partial charge is 0.404 e. The van der Waals surface area contributed by atoms with Crippen LogP contribution >= 0.6 is 0 Å². The average Bonchev–Trinajstić information content (AvgIpc) is 2.56. The predicted octanol–water partition coefficient (Wildman–Crippen LogP) is -0.0238. The highest BCUT2D eigenvalue weighted by atomic mass is 16.6. The van der Waals surface area contributed by atoms with Gasteiger partial charge in [-0.3, -0.25) is 0 Å². The van der Waals surface area contributed by atoms with Crippen LogP contribution in [0.4, 0.5) is 4.79 Å². The third-order valence-electron chi connectivity index (χ3n) is 2.55. The molecule has 1 atom stereocenters. The normalized spacial score (nSPS) is 32.2. The number of rotatable bonds is 1. The van der Waals surface area contributed by atoms with Crippen molar-refractivity contribution in [3.05, 3.63) is 0 Å². The van der Waals surface area contributed by atoms with Crippen LogP contribution in [0.1, 0.15) is 19.3 Å². The van der Waals surface area contributed by atoms with E-state index in [4.69, 9.17) is 10.5 Å². The quantitative estimate of drug-likeness (QED) is 0.560. The summed E-state index contributed by atoms with van der Waals surface area (Å²) in [6, 6.07) is 0. The Hall–Kier alpha value is -0.770.